The fourth-order valence-electron chi connectivity index (χ4n) is 3.70. The van der Waals surface area contributed by atoms with Gasteiger partial charge in [-0.15, -0.1) is 0 Å². The number of nitrogens with one attached hydrogen (secondary N) is 2. The van der Waals surface area contributed by atoms with Crippen molar-refractivity contribution in [2.24, 2.45) is 0 Å². The van der Waals surface area contributed by atoms with Gasteiger partial charge in [-0.25, -0.2) is 4.98 Å². The summed E-state index contributed by atoms with van der Waals surface area (Å²) in [5, 5.41) is 6.52. The number of carbonyl (C=O) groups excluding carboxylic acids is 1. The zero-order valence-corrected chi connectivity index (χ0v) is 17.8. The Labute approximate surface area is 183 Å². The van der Waals surface area contributed by atoms with Gasteiger partial charge in [0.15, 0.2) is 0 Å². The normalized spacial score (nSPS) is 15.6. The van der Waals surface area contributed by atoms with Crippen LogP contribution in [0, 0.1) is 0 Å². The van der Waals surface area contributed by atoms with Gasteiger partial charge in [0.25, 0.3) is 5.91 Å². The maximum Gasteiger partial charge on any atom is 0.257 e. The van der Waals surface area contributed by atoms with Crippen LogP contribution in [0.25, 0.3) is 0 Å². The van der Waals surface area contributed by atoms with Gasteiger partial charge in [0, 0.05) is 37.6 Å². The minimum atomic E-state index is -0.151. The molecule has 6 heteroatoms. The number of benzene rings is 2. The van der Waals surface area contributed by atoms with Crippen molar-refractivity contribution in [2.75, 3.05) is 29.9 Å². The summed E-state index contributed by atoms with van der Waals surface area (Å²) in [4.78, 5) is 19.2. The van der Waals surface area contributed by atoms with Crippen molar-refractivity contribution in [3.8, 4) is 5.75 Å². The van der Waals surface area contributed by atoms with E-state index in [-0.39, 0.29) is 5.91 Å². The lowest BCUT2D eigenvalue weighted by molar-refractivity contribution is 0.102. The van der Waals surface area contributed by atoms with E-state index < -0.39 is 0 Å². The fraction of sp³-hybridized carbons (Fsp3) is 0.280. The number of aromatic nitrogens is 1. The number of ether oxygens (including phenoxy) is 1. The van der Waals surface area contributed by atoms with E-state index in [1.165, 1.54) is 5.56 Å². The highest BCUT2D eigenvalue weighted by atomic mass is 16.5. The topological polar surface area (TPSA) is 66.5 Å². The van der Waals surface area contributed by atoms with Crippen molar-refractivity contribution in [2.45, 2.75) is 25.9 Å². The van der Waals surface area contributed by atoms with E-state index in [4.69, 9.17) is 4.74 Å². The van der Waals surface area contributed by atoms with E-state index in [9.17, 15) is 4.79 Å². The summed E-state index contributed by atoms with van der Waals surface area (Å²) < 4.78 is 5.50. The van der Waals surface area contributed by atoms with Crippen LogP contribution < -0.4 is 20.3 Å². The lowest BCUT2D eigenvalue weighted by atomic mass is 10.2. The summed E-state index contributed by atoms with van der Waals surface area (Å²) >= 11 is 0. The second-order valence-corrected chi connectivity index (χ2v) is 7.61. The second kappa shape index (κ2) is 10.1. The van der Waals surface area contributed by atoms with Gasteiger partial charge >= 0.3 is 0 Å². The Hall–Kier alpha value is -3.38. The number of anilines is 2. The van der Waals surface area contributed by atoms with Crippen LogP contribution in [0.3, 0.4) is 0 Å². The Morgan fingerprint density at radius 3 is 2.61 bits per heavy atom. The molecule has 2 heterocycles. The Bertz CT molecular complexity index is 975. The van der Waals surface area contributed by atoms with Crippen LogP contribution >= 0.6 is 0 Å². The number of para-hydroxylation sites is 1. The molecule has 1 aromatic heterocycles. The first-order chi connectivity index (χ1) is 15.2. The average molecular weight is 417 g/mol. The van der Waals surface area contributed by atoms with E-state index in [2.05, 4.69) is 32.7 Å². The van der Waals surface area contributed by atoms with Crippen molar-refractivity contribution >= 4 is 17.4 Å². The number of pyridine rings is 1. The fourth-order valence-corrected chi connectivity index (χ4v) is 3.70. The molecule has 0 unspecified atom stereocenters. The van der Waals surface area contributed by atoms with Crippen LogP contribution in [0.1, 0.15) is 29.3 Å². The number of rotatable bonds is 8. The SMILES string of the molecule is CCOc1ccc(CN[C@H]2CCN(c3ccc(C(=O)Nc4ccccc4)cn3)C2)cc1. The molecule has 3 aromatic rings. The summed E-state index contributed by atoms with van der Waals surface area (Å²) in [5.74, 6) is 1.66. The summed E-state index contributed by atoms with van der Waals surface area (Å²) in [5.41, 5.74) is 2.57. The molecule has 6 nitrogen and oxygen atoms in total. The van der Waals surface area contributed by atoms with E-state index in [1.807, 2.05) is 61.5 Å². The van der Waals surface area contributed by atoms with Gasteiger partial charge in [-0.2, -0.15) is 0 Å². The molecule has 0 spiro atoms. The summed E-state index contributed by atoms with van der Waals surface area (Å²) in [7, 11) is 0. The van der Waals surface area contributed by atoms with Crippen molar-refractivity contribution in [3.63, 3.8) is 0 Å². The summed E-state index contributed by atoms with van der Waals surface area (Å²) in [6.07, 6.45) is 2.71. The van der Waals surface area contributed by atoms with E-state index >= 15 is 0 Å². The third kappa shape index (κ3) is 5.61. The van der Waals surface area contributed by atoms with Crippen LogP contribution in [-0.2, 0) is 6.54 Å². The monoisotopic (exact) mass is 416 g/mol. The molecule has 1 saturated heterocycles. The van der Waals surface area contributed by atoms with Gasteiger partial charge in [0.1, 0.15) is 11.6 Å². The van der Waals surface area contributed by atoms with Crippen molar-refractivity contribution in [3.05, 3.63) is 84.1 Å². The smallest absolute Gasteiger partial charge is 0.257 e. The van der Waals surface area contributed by atoms with Gasteiger partial charge < -0.3 is 20.3 Å². The molecule has 1 aliphatic rings. The number of hydrogen-bond acceptors (Lipinski definition) is 5. The first-order valence-corrected chi connectivity index (χ1v) is 10.7. The quantitative estimate of drug-likeness (QED) is 0.579. The number of amides is 1. The van der Waals surface area contributed by atoms with Crippen LogP contribution in [0.5, 0.6) is 5.75 Å². The predicted molar refractivity (Wildman–Crippen MR) is 124 cm³/mol. The molecule has 2 N–H and O–H groups in total. The zero-order valence-electron chi connectivity index (χ0n) is 17.8. The molecule has 2 aromatic carbocycles. The van der Waals surface area contributed by atoms with Gasteiger partial charge in [0.05, 0.1) is 12.2 Å². The minimum Gasteiger partial charge on any atom is -0.494 e. The lowest BCUT2D eigenvalue weighted by Crippen LogP contribution is -2.32. The molecule has 0 radical (unpaired) electrons. The molecule has 0 saturated carbocycles. The van der Waals surface area contributed by atoms with E-state index in [0.29, 0.717) is 18.2 Å². The van der Waals surface area contributed by atoms with Crippen LogP contribution in [-0.4, -0.2) is 36.6 Å². The molecule has 4 rings (SSSR count). The Morgan fingerprint density at radius 2 is 1.90 bits per heavy atom. The molecule has 0 bridgehead atoms. The highest BCUT2D eigenvalue weighted by Crippen LogP contribution is 2.19. The van der Waals surface area contributed by atoms with Crippen molar-refractivity contribution in [1.82, 2.24) is 10.3 Å². The predicted octanol–water partition coefficient (Wildman–Crippen LogP) is 4.10. The van der Waals surface area contributed by atoms with Crippen LogP contribution in [0.15, 0.2) is 72.9 Å². The zero-order chi connectivity index (χ0) is 21.5. The first kappa shape index (κ1) is 20.9. The Morgan fingerprint density at radius 1 is 1.10 bits per heavy atom. The van der Waals surface area contributed by atoms with Crippen molar-refractivity contribution < 1.29 is 9.53 Å². The number of hydrogen-bond donors (Lipinski definition) is 2. The van der Waals surface area contributed by atoms with Crippen molar-refractivity contribution in [1.29, 1.82) is 0 Å². The highest BCUT2D eigenvalue weighted by Gasteiger charge is 2.23. The maximum atomic E-state index is 12.4. The summed E-state index contributed by atoms with van der Waals surface area (Å²) in [6.45, 7) is 5.35. The number of nitrogens with zero attached hydrogens (tertiary/aromatic N) is 2. The lowest BCUT2D eigenvalue weighted by Gasteiger charge is -2.18. The third-order valence-electron chi connectivity index (χ3n) is 5.38. The van der Waals surface area contributed by atoms with E-state index in [0.717, 1.165) is 43.3 Å². The van der Waals surface area contributed by atoms with Gasteiger partial charge in [0.2, 0.25) is 0 Å². The first-order valence-electron chi connectivity index (χ1n) is 10.7. The summed E-state index contributed by atoms with van der Waals surface area (Å²) in [6, 6.07) is 21.8. The highest BCUT2D eigenvalue weighted by molar-refractivity contribution is 6.04. The van der Waals surface area contributed by atoms with Gasteiger partial charge in [-0.05, 0) is 55.3 Å². The van der Waals surface area contributed by atoms with E-state index in [1.54, 1.807) is 6.20 Å². The average Bonchev–Trinajstić information content (AvgIpc) is 3.29. The molecular formula is C25H28N4O2. The standard InChI is InChI=1S/C25H28N4O2/c1-2-31-23-11-8-19(9-12-23)16-26-22-14-15-29(18-22)24-13-10-20(17-27-24)25(30)28-21-6-4-3-5-7-21/h3-13,17,22,26H,2,14-16,18H2,1H3,(H,28,30)/t22-/m0/s1. The Kier molecular flexibility index (Phi) is 6.79. The molecular weight excluding hydrogens is 388 g/mol. The number of carbonyl (C=O) groups is 1. The molecule has 160 valence electrons. The largest absolute Gasteiger partial charge is 0.494 e. The maximum absolute atomic E-state index is 12.4. The second-order valence-electron chi connectivity index (χ2n) is 7.61. The Balaban J connectivity index is 1.27. The van der Waals surface area contributed by atoms with Crippen LogP contribution in [0.2, 0.25) is 0 Å². The molecule has 1 amide bonds. The van der Waals surface area contributed by atoms with Gasteiger partial charge in [-0.3, -0.25) is 4.79 Å². The van der Waals surface area contributed by atoms with Gasteiger partial charge in [-0.1, -0.05) is 30.3 Å². The molecule has 0 aliphatic carbocycles. The minimum absolute atomic E-state index is 0.151. The molecule has 1 atom stereocenters. The molecule has 1 fully saturated rings. The third-order valence-corrected chi connectivity index (χ3v) is 5.38. The van der Waals surface area contributed by atoms with Crippen LogP contribution in [0.4, 0.5) is 11.5 Å². The molecule has 1 aliphatic heterocycles. The molecule has 31 heavy (non-hydrogen) atoms.